The zero-order valence-electron chi connectivity index (χ0n) is 18.4. The summed E-state index contributed by atoms with van der Waals surface area (Å²) in [5, 5.41) is 0. The first-order chi connectivity index (χ1) is 14.7. The van der Waals surface area contributed by atoms with E-state index in [4.69, 9.17) is 4.99 Å². The Bertz CT molecular complexity index is 886. The van der Waals surface area contributed by atoms with Gasteiger partial charge in [0.2, 0.25) is 0 Å². The van der Waals surface area contributed by atoms with Crippen molar-refractivity contribution in [1.82, 2.24) is 0 Å². The van der Waals surface area contributed by atoms with E-state index in [1.54, 1.807) is 0 Å². The molecule has 2 aliphatic carbocycles. The molecule has 1 aromatic carbocycles. The Morgan fingerprint density at radius 2 is 1.87 bits per heavy atom. The molecule has 2 atom stereocenters. The Hall–Kier alpha value is -2.22. The van der Waals surface area contributed by atoms with Crippen LogP contribution in [0.4, 0.5) is 0 Å². The van der Waals surface area contributed by atoms with Crippen molar-refractivity contribution in [2.24, 2.45) is 16.8 Å². The molecule has 0 bridgehead atoms. The van der Waals surface area contributed by atoms with Crippen molar-refractivity contribution in [2.45, 2.75) is 77.6 Å². The maximum Gasteiger partial charge on any atom is 0.133 e. The first kappa shape index (κ1) is 21.0. The maximum absolute atomic E-state index is 12.8. The fraction of sp³-hybridized carbons (Fsp3) is 0.500. The summed E-state index contributed by atoms with van der Waals surface area (Å²) in [5.74, 6) is 1.47. The minimum absolute atomic E-state index is 0.440. The second-order valence-corrected chi connectivity index (χ2v) is 9.22. The number of ketones is 1. The van der Waals surface area contributed by atoms with Gasteiger partial charge in [-0.25, -0.2) is 0 Å². The van der Waals surface area contributed by atoms with Crippen LogP contribution in [0, 0.1) is 11.8 Å². The number of hydrogen-bond acceptors (Lipinski definition) is 2. The van der Waals surface area contributed by atoms with Crippen LogP contribution in [0.25, 0.3) is 0 Å². The molecule has 0 spiro atoms. The minimum atomic E-state index is 0.440. The third kappa shape index (κ3) is 5.09. The van der Waals surface area contributed by atoms with Gasteiger partial charge in [-0.1, -0.05) is 67.8 Å². The van der Waals surface area contributed by atoms with Crippen molar-refractivity contribution in [3.63, 3.8) is 0 Å². The Kier molecular flexibility index (Phi) is 7.15. The Labute approximate surface area is 181 Å². The number of nitrogens with zero attached hydrogens (tertiary/aromatic N) is 1. The molecule has 158 valence electrons. The summed E-state index contributed by atoms with van der Waals surface area (Å²) < 4.78 is 0. The number of benzene rings is 1. The van der Waals surface area contributed by atoms with Crippen molar-refractivity contribution in [3.8, 4) is 0 Å². The molecule has 0 radical (unpaired) electrons. The van der Waals surface area contributed by atoms with E-state index in [9.17, 15) is 4.79 Å². The van der Waals surface area contributed by atoms with E-state index >= 15 is 0 Å². The lowest BCUT2D eigenvalue weighted by atomic mass is 9.75. The van der Waals surface area contributed by atoms with Crippen LogP contribution >= 0.6 is 0 Å². The molecular weight excluding hydrogens is 366 g/mol. The molecule has 2 heteroatoms. The fourth-order valence-electron chi connectivity index (χ4n) is 5.47. The Morgan fingerprint density at radius 3 is 2.70 bits per heavy atom. The average Bonchev–Trinajstić information content (AvgIpc) is 3.12. The lowest BCUT2D eigenvalue weighted by Gasteiger charge is -2.30. The lowest BCUT2D eigenvalue weighted by molar-refractivity contribution is -0.120. The Balaban J connectivity index is 1.34. The molecule has 1 unspecified atom stereocenters. The van der Waals surface area contributed by atoms with Gasteiger partial charge in [0.15, 0.2) is 0 Å². The topological polar surface area (TPSA) is 29.4 Å². The molecule has 1 fully saturated rings. The van der Waals surface area contributed by atoms with Gasteiger partial charge in [-0.05, 0) is 67.6 Å². The molecule has 0 aromatic heterocycles. The predicted octanol–water partition coefficient (Wildman–Crippen LogP) is 6.95. The largest absolute Gasteiger partial charge is 0.300 e. The van der Waals surface area contributed by atoms with Crippen LogP contribution in [0.3, 0.4) is 0 Å². The number of aliphatic imine (C=N–C) groups is 1. The number of allylic oxidation sites excluding steroid dienone is 5. The van der Waals surface area contributed by atoms with Crippen LogP contribution in [-0.4, -0.2) is 11.5 Å². The van der Waals surface area contributed by atoms with Crippen molar-refractivity contribution < 1.29 is 4.79 Å². The van der Waals surface area contributed by atoms with Crippen molar-refractivity contribution in [2.75, 3.05) is 0 Å². The summed E-state index contributed by atoms with van der Waals surface area (Å²) in [6.07, 6.45) is 20.2. The van der Waals surface area contributed by atoms with Gasteiger partial charge in [0.25, 0.3) is 0 Å². The summed E-state index contributed by atoms with van der Waals surface area (Å²) in [6, 6.07) is 8.64. The lowest BCUT2D eigenvalue weighted by Crippen LogP contribution is -2.25. The van der Waals surface area contributed by atoms with Crippen LogP contribution < -0.4 is 0 Å². The van der Waals surface area contributed by atoms with Gasteiger partial charge < -0.3 is 0 Å². The van der Waals surface area contributed by atoms with E-state index in [-0.39, 0.29) is 0 Å². The molecule has 0 N–H and O–H groups in total. The number of carbonyl (C=O) groups excluding carboxylic acids is 1. The van der Waals surface area contributed by atoms with Crippen LogP contribution in [0.15, 0.2) is 64.8 Å². The quantitative estimate of drug-likeness (QED) is 0.463. The standard InChI is InChI=1S/C28H35NO/c1-2-8-22-10-3-4-11-23(22)16-17-26(30)20-21-9-5-13-25(19-21)28-27-15-6-12-24(27)14-7-18-29-28/h3-4,6-7,10-11,15,18,21,25H,2,5,8-9,12-14,16-17,19-20H2,1H3/t21-,25?/m1/s1. The first-order valence-electron chi connectivity index (χ1n) is 11.9. The molecule has 0 saturated heterocycles. The van der Waals surface area contributed by atoms with E-state index in [2.05, 4.69) is 49.4 Å². The van der Waals surface area contributed by atoms with Crippen LogP contribution in [0.1, 0.15) is 75.8 Å². The monoisotopic (exact) mass is 401 g/mol. The van der Waals surface area contributed by atoms with Gasteiger partial charge in [0.1, 0.15) is 5.78 Å². The highest BCUT2D eigenvalue weighted by atomic mass is 16.1. The zero-order chi connectivity index (χ0) is 20.8. The molecule has 1 heterocycles. The van der Waals surface area contributed by atoms with Crippen LogP contribution in [-0.2, 0) is 17.6 Å². The SMILES string of the molecule is CCCc1ccccc1CCC(=O)C[C@@H]1CCCC(C2=NC=CCC3=C2C=CC3)C1. The smallest absolute Gasteiger partial charge is 0.133 e. The maximum atomic E-state index is 12.8. The number of rotatable bonds is 8. The molecule has 2 nitrogen and oxygen atoms in total. The molecule has 30 heavy (non-hydrogen) atoms. The molecule has 1 saturated carbocycles. The number of Topliss-reactive ketones (excluding diaryl/α,β-unsaturated/α-hetero) is 1. The van der Waals surface area contributed by atoms with Gasteiger partial charge in [-0.3, -0.25) is 9.79 Å². The molecule has 1 aliphatic heterocycles. The minimum Gasteiger partial charge on any atom is -0.300 e. The highest BCUT2D eigenvalue weighted by Gasteiger charge is 2.30. The molecule has 4 rings (SSSR count). The highest BCUT2D eigenvalue weighted by Crippen LogP contribution is 2.37. The van der Waals surface area contributed by atoms with Gasteiger partial charge in [0, 0.05) is 25.0 Å². The summed E-state index contributed by atoms with van der Waals surface area (Å²) in [7, 11) is 0. The van der Waals surface area contributed by atoms with E-state index in [1.165, 1.54) is 47.2 Å². The third-order valence-electron chi connectivity index (χ3n) is 6.99. The predicted molar refractivity (Wildman–Crippen MR) is 126 cm³/mol. The summed E-state index contributed by atoms with van der Waals surface area (Å²) in [6.45, 7) is 2.22. The number of hydrogen-bond donors (Lipinski definition) is 0. The van der Waals surface area contributed by atoms with Gasteiger partial charge in [0.05, 0.1) is 5.71 Å². The molecule has 3 aliphatic rings. The van der Waals surface area contributed by atoms with Gasteiger partial charge in [-0.15, -0.1) is 0 Å². The first-order valence-corrected chi connectivity index (χ1v) is 11.9. The molecule has 0 amide bonds. The van der Waals surface area contributed by atoms with E-state index in [0.717, 1.165) is 44.9 Å². The zero-order valence-corrected chi connectivity index (χ0v) is 18.4. The van der Waals surface area contributed by atoms with Gasteiger partial charge >= 0.3 is 0 Å². The van der Waals surface area contributed by atoms with E-state index in [1.807, 2.05) is 6.20 Å². The second kappa shape index (κ2) is 10.2. The van der Waals surface area contributed by atoms with Gasteiger partial charge in [-0.2, -0.15) is 0 Å². The fourth-order valence-corrected chi connectivity index (χ4v) is 5.47. The van der Waals surface area contributed by atoms with Crippen LogP contribution in [0.5, 0.6) is 0 Å². The third-order valence-corrected chi connectivity index (χ3v) is 6.99. The summed E-state index contributed by atoms with van der Waals surface area (Å²) in [5.41, 5.74) is 6.98. The van der Waals surface area contributed by atoms with Crippen molar-refractivity contribution in [3.05, 3.63) is 71.0 Å². The normalized spacial score (nSPS) is 23.3. The second-order valence-electron chi connectivity index (χ2n) is 9.22. The van der Waals surface area contributed by atoms with E-state index < -0.39 is 0 Å². The number of carbonyl (C=O) groups is 1. The van der Waals surface area contributed by atoms with E-state index in [0.29, 0.717) is 24.0 Å². The highest BCUT2D eigenvalue weighted by molar-refractivity contribution is 6.06. The molecular formula is C28H35NO. The Morgan fingerprint density at radius 1 is 1.07 bits per heavy atom. The molecule has 1 aromatic rings. The van der Waals surface area contributed by atoms with Crippen LogP contribution in [0.2, 0.25) is 0 Å². The van der Waals surface area contributed by atoms with Crippen molar-refractivity contribution in [1.29, 1.82) is 0 Å². The number of aryl methyl sites for hydroxylation is 2. The summed E-state index contributed by atoms with van der Waals surface area (Å²) in [4.78, 5) is 17.7. The average molecular weight is 402 g/mol. The van der Waals surface area contributed by atoms with Crippen molar-refractivity contribution >= 4 is 11.5 Å². The summed E-state index contributed by atoms with van der Waals surface area (Å²) >= 11 is 0.